The van der Waals surface area contributed by atoms with Gasteiger partial charge in [-0.3, -0.25) is 18.7 Å². The molecule has 2 aliphatic heterocycles. The van der Waals surface area contributed by atoms with E-state index in [1.165, 1.54) is 11.6 Å². The third kappa shape index (κ3) is 5.01. The van der Waals surface area contributed by atoms with Crippen molar-refractivity contribution in [1.29, 1.82) is 0 Å². The molecule has 0 aromatic carbocycles. The van der Waals surface area contributed by atoms with Crippen molar-refractivity contribution in [3.63, 3.8) is 0 Å². The molecule has 194 valence electrons. The number of alkyl halides is 3. The summed E-state index contributed by atoms with van der Waals surface area (Å²) in [5, 5.41) is 3.27. The van der Waals surface area contributed by atoms with Crippen LogP contribution in [0.15, 0.2) is 4.79 Å². The first-order valence-electron chi connectivity index (χ1n) is 11.5. The fourth-order valence-corrected chi connectivity index (χ4v) is 4.42. The smallest absolute Gasteiger partial charge is 0.386 e. The number of rotatable bonds is 4. The Morgan fingerprint density at radius 3 is 2.50 bits per heavy atom. The maximum atomic E-state index is 13.4. The van der Waals surface area contributed by atoms with Crippen molar-refractivity contribution in [3.8, 4) is 11.8 Å². The average molecular weight is 509 g/mol. The molecule has 2 aliphatic rings. The van der Waals surface area contributed by atoms with Crippen molar-refractivity contribution in [3.05, 3.63) is 10.4 Å². The SMILES string of the molecule is CC#CCn1c(N2CCNCC2)nc2nc(N3CCCC(C(=O)OC(=O)C(F)(F)F)C3)n(C)c(=O)c21. The third-order valence-electron chi connectivity index (χ3n) is 6.22. The van der Waals surface area contributed by atoms with Crippen LogP contribution in [-0.4, -0.2) is 76.5 Å². The van der Waals surface area contributed by atoms with Crippen molar-refractivity contribution < 1.29 is 27.5 Å². The molecule has 0 radical (unpaired) electrons. The number of esters is 2. The van der Waals surface area contributed by atoms with Crippen molar-refractivity contribution >= 4 is 35.0 Å². The Balaban J connectivity index is 1.67. The number of anilines is 2. The molecule has 4 heterocycles. The summed E-state index contributed by atoms with van der Waals surface area (Å²) in [7, 11) is 1.53. The van der Waals surface area contributed by atoms with Crippen LogP contribution in [0.5, 0.6) is 0 Å². The highest BCUT2D eigenvalue weighted by Crippen LogP contribution is 2.26. The van der Waals surface area contributed by atoms with E-state index in [-0.39, 0.29) is 36.7 Å². The normalized spacial score (nSPS) is 18.6. The van der Waals surface area contributed by atoms with Crippen molar-refractivity contribution in [2.75, 3.05) is 49.1 Å². The van der Waals surface area contributed by atoms with Gasteiger partial charge in [-0.2, -0.15) is 23.1 Å². The molecule has 1 atom stereocenters. The average Bonchev–Trinajstić information content (AvgIpc) is 3.23. The maximum Gasteiger partial charge on any atom is 0.491 e. The van der Waals surface area contributed by atoms with Crippen LogP contribution < -0.4 is 20.7 Å². The van der Waals surface area contributed by atoms with Crippen molar-refractivity contribution in [2.45, 2.75) is 32.5 Å². The number of nitrogens with zero attached hydrogens (tertiary/aromatic N) is 6. The molecule has 2 fully saturated rings. The number of carbonyl (C=O) groups excluding carboxylic acids is 2. The van der Waals surface area contributed by atoms with Gasteiger partial charge in [0.2, 0.25) is 11.9 Å². The lowest BCUT2D eigenvalue weighted by Gasteiger charge is -2.32. The molecule has 1 N–H and O–H groups in total. The second kappa shape index (κ2) is 10.2. The quantitative estimate of drug-likeness (QED) is 0.356. The zero-order valence-electron chi connectivity index (χ0n) is 19.9. The topological polar surface area (TPSA) is 115 Å². The molecule has 2 saturated heterocycles. The van der Waals surface area contributed by atoms with E-state index in [1.807, 2.05) is 0 Å². The Hall–Kier alpha value is -3.60. The minimum atomic E-state index is -5.26. The van der Waals surface area contributed by atoms with E-state index in [0.29, 0.717) is 37.5 Å². The Morgan fingerprint density at radius 2 is 1.83 bits per heavy atom. The van der Waals surface area contributed by atoms with Gasteiger partial charge in [0.1, 0.15) is 0 Å². The number of ether oxygens (including phenoxy) is 1. The molecule has 0 spiro atoms. The Labute approximate surface area is 204 Å². The lowest BCUT2D eigenvalue weighted by molar-refractivity contribution is -0.203. The van der Waals surface area contributed by atoms with Gasteiger partial charge in [-0.1, -0.05) is 5.92 Å². The van der Waals surface area contributed by atoms with Gasteiger partial charge in [-0.25, -0.2) is 4.79 Å². The monoisotopic (exact) mass is 509 g/mol. The second-order valence-electron chi connectivity index (χ2n) is 8.60. The number of imidazole rings is 1. The number of hydrogen-bond donors (Lipinski definition) is 1. The van der Waals surface area contributed by atoms with E-state index in [4.69, 9.17) is 0 Å². The van der Waals surface area contributed by atoms with Crippen LogP contribution in [-0.2, 0) is 27.9 Å². The van der Waals surface area contributed by atoms with Crippen LogP contribution in [0.2, 0.25) is 0 Å². The number of piperidine rings is 1. The van der Waals surface area contributed by atoms with Gasteiger partial charge in [-0.05, 0) is 19.8 Å². The summed E-state index contributed by atoms with van der Waals surface area (Å²) in [5.74, 6) is 1.84. The van der Waals surface area contributed by atoms with Gasteiger partial charge < -0.3 is 19.9 Å². The summed E-state index contributed by atoms with van der Waals surface area (Å²) in [4.78, 5) is 49.7. The van der Waals surface area contributed by atoms with Crippen LogP contribution in [0.3, 0.4) is 0 Å². The number of nitrogens with one attached hydrogen (secondary N) is 1. The van der Waals surface area contributed by atoms with Gasteiger partial charge >= 0.3 is 18.1 Å². The van der Waals surface area contributed by atoms with Crippen LogP contribution in [0.25, 0.3) is 11.2 Å². The molecule has 14 heteroatoms. The van der Waals surface area contributed by atoms with Crippen LogP contribution in [0.1, 0.15) is 19.8 Å². The third-order valence-corrected chi connectivity index (χ3v) is 6.22. The fourth-order valence-electron chi connectivity index (χ4n) is 4.42. The molecule has 11 nitrogen and oxygen atoms in total. The largest absolute Gasteiger partial charge is 0.491 e. The molecule has 36 heavy (non-hydrogen) atoms. The van der Waals surface area contributed by atoms with Crippen molar-refractivity contribution in [2.24, 2.45) is 13.0 Å². The lowest BCUT2D eigenvalue weighted by Crippen LogP contribution is -2.44. The van der Waals surface area contributed by atoms with Crippen LogP contribution >= 0.6 is 0 Å². The number of piperazine rings is 1. The molecular formula is C22H26F3N7O4. The number of halogens is 3. The second-order valence-corrected chi connectivity index (χ2v) is 8.60. The first-order valence-corrected chi connectivity index (χ1v) is 11.5. The zero-order valence-corrected chi connectivity index (χ0v) is 19.9. The molecule has 0 aliphatic carbocycles. The minimum absolute atomic E-state index is 0.0531. The van der Waals surface area contributed by atoms with Gasteiger partial charge in [-0.15, -0.1) is 5.92 Å². The number of hydrogen-bond acceptors (Lipinski definition) is 9. The summed E-state index contributed by atoms with van der Waals surface area (Å²) in [5.41, 5.74) is 0.150. The lowest BCUT2D eigenvalue weighted by atomic mass is 9.98. The molecule has 4 rings (SSSR count). The summed E-state index contributed by atoms with van der Waals surface area (Å²) in [6, 6.07) is 0. The van der Waals surface area contributed by atoms with Crippen LogP contribution in [0.4, 0.5) is 25.1 Å². The highest BCUT2D eigenvalue weighted by Gasteiger charge is 2.44. The molecule has 0 saturated carbocycles. The number of carbonyl (C=O) groups is 2. The Kier molecular flexibility index (Phi) is 7.21. The molecule has 0 amide bonds. The van der Waals surface area contributed by atoms with Gasteiger partial charge in [0.25, 0.3) is 5.56 Å². The van der Waals surface area contributed by atoms with Crippen LogP contribution in [0, 0.1) is 17.8 Å². The molecule has 2 aromatic rings. The first-order chi connectivity index (χ1) is 17.1. The van der Waals surface area contributed by atoms with E-state index in [0.717, 1.165) is 13.1 Å². The molecule has 0 bridgehead atoms. The minimum Gasteiger partial charge on any atom is -0.386 e. The first kappa shape index (κ1) is 25.5. The van der Waals surface area contributed by atoms with E-state index >= 15 is 0 Å². The summed E-state index contributed by atoms with van der Waals surface area (Å²) in [6.45, 7) is 5.25. The molecule has 2 aromatic heterocycles. The fraction of sp³-hybridized carbons (Fsp3) is 0.591. The Bertz CT molecular complexity index is 1280. The number of fused-ring (bicyclic) bond motifs is 1. The summed E-state index contributed by atoms with van der Waals surface area (Å²) in [6.07, 6.45) is -4.59. The highest BCUT2D eigenvalue weighted by atomic mass is 19.4. The molecule has 1 unspecified atom stereocenters. The van der Waals surface area contributed by atoms with Gasteiger partial charge in [0.15, 0.2) is 11.2 Å². The van der Waals surface area contributed by atoms with E-state index in [9.17, 15) is 27.6 Å². The maximum absolute atomic E-state index is 13.4. The summed E-state index contributed by atoms with van der Waals surface area (Å²) < 4.78 is 44.6. The molecular weight excluding hydrogens is 483 g/mol. The predicted octanol–water partition coefficient (Wildman–Crippen LogP) is 0.411. The zero-order chi connectivity index (χ0) is 26.0. The van der Waals surface area contributed by atoms with Crippen molar-refractivity contribution in [1.82, 2.24) is 24.4 Å². The predicted molar refractivity (Wildman–Crippen MR) is 123 cm³/mol. The summed E-state index contributed by atoms with van der Waals surface area (Å²) >= 11 is 0. The Morgan fingerprint density at radius 1 is 1.14 bits per heavy atom. The number of aromatic nitrogens is 4. The van der Waals surface area contributed by atoms with E-state index in [1.54, 1.807) is 16.4 Å². The van der Waals surface area contributed by atoms with Gasteiger partial charge in [0.05, 0.1) is 12.5 Å². The highest BCUT2D eigenvalue weighted by molar-refractivity contribution is 5.89. The standard InChI is InChI=1S/C22H26F3N7O4/c1-3-4-10-32-15-16(28-21(32)30-11-7-26-8-12-30)27-20(29(2)17(15)33)31-9-5-6-14(13-31)18(34)36-19(35)22(23,24)25/h14,26H,5-13H2,1-2H3. The van der Waals surface area contributed by atoms with Gasteiger partial charge in [0, 0.05) is 46.3 Å². The van der Waals surface area contributed by atoms with E-state index in [2.05, 4.69) is 36.8 Å². The van der Waals surface area contributed by atoms with E-state index < -0.39 is 24.0 Å².